The van der Waals surface area contributed by atoms with Gasteiger partial charge < -0.3 is 14.2 Å². The van der Waals surface area contributed by atoms with E-state index in [1.165, 1.54) is 0 Å². The van der Waals surface area contributed by atoms with E-state index >= 15 is 0 Å². The summed E-state index contributed by atoms with van der Waals surface area (Å²) in [4.78, 5) is 13.9. The smallest absolute Gasteiger partial charge is 0.399 e. The Labute approximate surface area is 137 Å². The Bertz CT molecular complexity index is 586. The van der Waals surface area contributed by atoms with Crippen LogP contribution in [0.4, 0.5) is 4.39 Å². The molecule has 3 rings (SSSR count). The fourth-order valence-electron chi connectivity index (χ4n) is 2.85. The van der Waals surface area contributed by atoms with Gasteiger partial charge in [-0.25, -0.2) is 4.39 Å². The summed E-state index contributed by atoms with van der Waals surface area (Å²) in [6.07, 6.45) is -0.472. The van der Waals surface area contributed by atoms with Crippen LogP contribution in [-0.2, 0) is 9.31 Å². The second-order valence-electron chi connectivity index (χ2n) is 7.35. The molecular formula is C17H23BFNO3. The normalized spacial score (nSPS) is 25.9. The Kier molecular flexibility index (Phi) is 4.01. The van der Waals surface area contributed by atoms with E-state index in [1.54, 1.807) is 17.0 Å². The summed E-state index contributed by atoms with van der Waals surface area (Å²) in [5.41, 5.74) is 0.666. The number of amides is 1. The first-order valence-corrected chi connectivity index (χ1v) is 8.08. The number of halogens is 1. The molecule has 2 fully saturated rings. The first kappa shape index (κ1) is 16.5. The molecule has 2 heterocycles. The van der Waals surface area contributed by atoms with Crippen LogP contribution < -0.4 is 5.46 Å². The monoisotopic (exact) mass is 319 g/mol. The Morgan fingerprint density at radius 1 is 1.17 bits per heavy atom. The molecule has 1 aromatic rings. The van der Waals surface area contributed by atoms with Crippen LogP contribution in [-0.4, -0.2) is 48.4 Å². The third-order valence-corrected chi connectivity index (χ3v) is 5.10. The number of hydrogen-bond donors (Lipinski definition) is 0. The van der Waals surface area contributed by atoms with Gasteiger partial charge in [-0.05, 0) is 51.7 Å². The van der Waals surface area contributed by atoms with Crippen molar-refractivity contribution in [3.05, 3.63) is 29.8 Å². The quantitative estimate of drug-likeness (QED) is 0.784. The Balaban J connectivity index is 1.72. The van der Waals surface area contributed by atoms with Gasteiger partial charge in [0.15, 0.2) is 0 Å². The summed E-state index contributed by atoms with van der Waals surface area (Å²) in [6, 6.07) is 7.21. The zero-order valence-corrected chi connectivity index (χ0v) is 14.1. The van der Waals surface area contributed by atoms with Gasteiger partial charge in [-0.1, -0.05) is 12.1 Å². The SMILES string of the molecule is CC1(C)OB(c2ccc(C(=O)N3CCC(F)C3)cc2)OC1(C)C. The van der Waals surface area contributed by atoms with Gasteiger partial charge in [0.1, 0.15) is 6.17 Å². The average molecular weight is 319 g/mol. The fraction of sp³-hybridized carbons (Fsp3) is 0.588. The predicted molar refractivity (Wildman–Crippen MR) is 87.6 cm³/mol. The number of carbonyl (C=O) groups is 1. The van der Waals surface area contributed by atoms with Gasteiger partial charge in [0.05, 0.1) is 17.7 Å². The maximum atomic E-state index is 13.2. The maximum Gasteiger partial charge on any atom is 0.494 e. The van der Waals surface area contributed by atoms with E-state index in [9.17, 15) is 9.18 Å². The molecule has 0 radical (unpaired) electrons. The molecule has 2 aliphatic rings. The molecule has 0 bridgehead atoms. The van der Waals surface area contributed by atoms with E-state index in [-0.39, 0.29) is 12.5 Å². The molecule has 2 saturated heterocycles. The van der Waals surface area contributed by atoms with Crippen molar-refractivity contribution < 1.29 is 18.5 Å². The molecular weight excluding hydrogens is 296 g/mol. The molecule has 2 aliphatic heterocycles. The molecule has 1 amide bonds. The highest BCUT2D eigenvalue weighted by atomic mass is 19.1. The van der Waals surface area contributed by atoms with Crippen molar-refractivity contribution in [2.24, 2.45) is 0 Å². The summed E-state index contributed by atoms with van der Waals surface area (Å²) in [5.74, 6) is -0.120. The first-order chi connectivity index (χ1) is 10.7. The lowest BCUT2D eigenvalue weighted by molar-refractivity contribution is 0.00578. The molecule has 0 spiro atoms. The van der Waals surface area contributed by atoms with Crippen molar-refractivity contribution in [1.29, 1.82) is 0 Å². The van der Waals surface area contributed by atoms with Crippen LogP contribution >= 0.6 is 0 Å². The van der Waals surface area contributed by atoms with Crippen molar-refractivity contribution >= 4 is 18.5 Å². The van der Waals surface area contributed by atoms with Gasteiger partial charge in [-0.3, -0.25) is 4.79 Å². The van der Waals surface area contributed by atoms with Crippen LogP contribution in [0.25, 0.3) is 0 Å². The molecule has 4 nitrogen and oxygen atoms in total. The van der Waals surface area contributed by atoms with E-state index in [0.717, 1.165) is 5.46 Å². The van der Waals surface area contributed by atoms with Crippen LogP contribution in [0, 0.1) is 0 Å². The van der Waals surface area contributed by atoms with Crippen LogP contribution in [0.1, 0.15) is 44.5 Å². The van der Waals surface area contributed by atoms with Crippen LogP contribution in [0.3, 0.4) is 0 Å². The Morgan fingerprint density at radius 2 is 1.74 bits per heavy atom. The van der Waals surface area contributed by atoms with Crippen molar-refractivity contribution in [3.63, 3.8) is 0 Å². The summed E-state index contributed by atoms with van der Waals surface area (Å²) in [6.45, 7) is 8.70. The van der Waals surface area contributed by atoms with Crippen LogP contribution in [0.2, 0.25) is 0 Å². The third kappa shape index (κ3) is 3.02. The number of carbonyl (C=O) groups excluding carboxylic acids is 1. The van der Waals surface area contributed by atoms with Crippen molar-refractivity contribution in [2.45, 2.75) is 51.5 Å². The molecule has 0 saturated carbocycles. The van der Waals surface area contributed by atoms with Crippen molar-refractivity contribution in [3.8, 4) is 0 Å². The van der Waals surface area contributed by atoms with Gasteiger partial charge in [-0.15, -0.1) is 0 Å². The van der Waals surface area contributed by atoms with Crippen LogP contribution in [0.15, 0.2) is 24.3 Å². The lowest BCUT2D eigenvalue weighted by Gasteiger charge is -2.32. The minimum absolute atomic E-state index is 0.120. The van der Waals surface area contributed by atoms with Gasteiger partial charge >= 0.3 is 7.12 Å². The third-order valence-electron chi connectivity index (χ3n) is 5.10. The maximum absolute atomic E-state index is 13.2. The highest BCUT2D eigenvalue weighted by molar-refractivity contribution is 6.62. The molecule has 0 aromatic heterocycles. The van der Waals surface area contributed by atoms with Gasteiger partial charge in [-0.2, -0.15) is 0 Å². The fourth-order valence-corrected chi connectivity index (χ4v) is 2.85. The Morgan fingerprint density at radius 3 is 2.22 bits per heavy atom. The van der Waals surface area contributed by atoms with Crippen molar-refractivity contribution in [2.75, 3.05) is 13.1 Å². The minimum Gasteiger partial charge on any atom is -0.399 e. The predicted octanol–water partition coefficient (Wildman–Crippen LogP) is 2.17. The highest BCUT2D eigenvalue weighted by Crippen LogP contribution is 2.36. The standard InChI is InChI=1S/C17H23BFNO3/c1-16(2)17(3,4)23-18(22-16)13-7-5-12(6-8-13)15(21)20-10-9-14(19)11-20/h5-8,14H,9-11H2,1-4H3. The van der Waals surface area contributed by atoms with E-state index in [2.05, 4.69) is 0 Å². The van der Waals surface area contributed by atoms with Gasteiger partial charge in [0.2, 0.25) is 0 Å². The molecule has 124 valence electrons. The summed E-state index contributed by atoms with van der Waals surface area (Å²) < 4.78 is 25.2. The molecule has 23 heavy (non-hydrogen) atoms. The second-order valence-corrected chi connectivity index (χ2v) is 7.35. The van der Waals surface area contributed by atoms with Gasteiger partial charge in [0, 0.05) is 12.1 Å². The number of nitrogens with zero attached hydrogens (tertiary/aromatic N) is 1. The molecule has 0 N–H and O–H groups in total. The van der Waals surface area contributed by atoms with E-state index in [4.69, 9.17) is 9.31 Å². The lowest BCUT2D eigenvalue weighted by Crippen LogP contribution is -2.41. The molecule has 0 aliphatic carbocycles. The number of alkyl halides is 1. The highest BCUT2D eigenvalue weighted by Gasteiger charge is 2.51. The van der Waals surface area contributed by atoms with E-state index < -0.39 is 24.5 Å². The zero-order valence-electron chi connectivity index (χ0n) is 14.1. The summed E-state index contributed by atoms with van der Waals surface area (Å²) >= 11 is 0. The number of likely N-dealkylation sites (tertiary alicyclic amines) is 1. The largest absolute Gasteiger partial charge is 0.494 e. The number of rotatable bonds is 2. The first-order valence-electron chi connectivity index (χ1n) is 8.08. The lowest BCUT2D eigenvalue weighted by atomic mass is 9.79. The van der Waals surface area contributed by atoms with Crippen molar-refractivity contribution in [1.82, 2.24) is 4.90 Å². The molecule has 1 unspecified atom stereocenters. The molecule has 1 atom stereocenters. The topological polar surface area (TPSA) is 38.8 Å². The second kappa shape index (κ2) is 5.60. The zero-order chi connectivity index (χ0) is 16.8. The number of benzene rings is 1. The summed E-state index contributed by atoms with van der Waals surface area (Å²) in [5, 5.41) is 0. The molecule has 6 heteroatoms. The average Bonchev–Trinajstić information content (AvgIpc) is 3.00. The number of hydrogen-bond acceptors (Lipinski definition) is 3. The van der Waals surface area contributed by atoms with E-state index in [0.29, 0.717) is 18.5 Å². The van der Waals surface area contributed by atoms with E-state index in [1.807, 2.05) is 39.8 Å². The van der Waals surface area contributed by atoms with Gasteiger partial charge in [0.25, 0.3) is 5.91 Å². The van der Waals surface area contributed by atoms with Crippen LogP contribution in [0.5, 0.6) is 0 Å². The Hall–Kier alpha value is -1.40. The minimum atomic E-state index is -0.900. The molecule has 1 aromatic carbocycles. The summed E-state index contributed by atoms with van der Waals surface area (Å²) in [7, 11) is -0.439.